The molecule has 27 heavy (non-hydrogen) atoms. The van der Waals surface area contributed by atoms with Gasteiger partial charge in [0.15, 0.2) is 6.10 Å². The average molecular weight is 382 g/mol. The Labute approximate surface area is 160 Å². The number of aromatic nitrogens is 1. The summed E-state index contributed by atoms with van der Waals surface area (Å²) in [6.45, 7) is 1.51. The van der Waals surface area contributed by atoms with Gasteiger partial charge in [-0.25, -0.2) is 9.78 Å². The molecule has 6 nitrogen and oxygen atoms in total. The third kappa shape index (κ3) is 4.71. The fraction of sp³-hybridized carbons (Fsp3) is 0.150. The number of rotatable bonds is 6. The number of nitrogens with zero attached hydrogens (tertiary/aromatic N) is 1. The van der Waals surface area contributed by atoms with E-state index < -0.39 is 18.0 Å². The summed E-state index contributed by atoms with van der Waals surface area (Å²) in [7, 11) is 1.52. The number of amides is 1. The van der Waals surface area contributed by atoms with E-state index in [4.69, 9.17) is 9.47 Å². The maximum absolute atomic E-state index is 12.2. The molecule has 1 unspecified atom stereocenters. The molecule has 1 aromatic heterocycles. The van der Waals surface area contributed by atoms with Crippen LogP contribution in [0.1, 0.15) is 11.9 Å². The quantitative estimate of drug-likeness (QED) is 0.517. The zero-order chi connectivity index (χ0) is 19.2. The summed E-state index contributed by atoms with van der Waals surface area (Å²) in [5.74, 6) is -0.529. The molecule has 0 aliphatic rings. The zero-order valence-corrected chi connectivity index (χ0v) is 15.7. The minimum absolute atomic E-state index is 0.443. The minimum atomic E-state index is -0.956. The molecule has 0 aliphatic carbocycles. The van der Waals surface area contributed by atoms with Gasteiger partial charge in [0.25, 0.3) is 5.91 Å². The topological polar surface area (TPSA) is 77.5 Å². The summed E-state index contributed by atoms with van der Waals surface area (Å²) in [5, 5.41) is 3.38. The van der Waals surface area contributed by atoms with Crippen molar-refractivity contribution >= 4 is 45.2 Å². The van der Waals surface area contributed by atoms with Gasteiger partial charge >= 0.3 is 5.97 Å². The fourth-order valence-electron chi connectivity index (χ4n) is 2.35. The largest absolute Gasteiger partial charge is 0.495 e. The monoisotopic (exact) mass is 382 g/mol. The second-order valence-electron chi connectivity index (χ2n) is 5.62. The van der Waals surface area contributed by atoms with Gasteiger partial charge < -0.3 is 14.8 Å². The first-order chi connectivity index (χ1) is 13.1. The SMILES string of the molecule is COc1ccccc1NC(=O)C(C)OC(=O)/C=C/c1nc2ccccc2s1. The average Bonchev–Trinajstić information content (AvgIpc) is 3.09. The van der Waals surface area contributed by atoms with Gasteiger partial charge in [0, 0.05) is 6.08 Å². The smallest absolute Gasteiger partial charge is 0.331 e. The van der Waals surface area contributed by atoms with Crippen molar-refractivity contribution in [3.63, 3.8) is 0 Å². The third-order valence-electron chi connectivity index (χ3n) is 3.70. The van der Waals surface area contributed by atoms with Gasteiger partial charge in [-0.15, -0.1) is 11.3 Å². The molecule has 0 saturated carbocycles. The highest BCUT2D eigenvalue weighted by Crippen LogP contribution is 2.24. The second-order valence-corrected chi connectivity index (χ2v) is 6.68. The van der Waals surface area contributed by atoms with Crippen molar-refractivity contribution in [1.29, 1.82) is 0 Å². The molecule has 0 spiro atoms. The number of carbonyl (C=O) groups is 2. The van der Waals surface area contributed by atoms with E-state index in [0.717, 1.165) is 10.2 Å². The molecule has 3 rings (SSSR count). The molecule has 0 bridgehead atoms. The first kappa shape index (κ1) is 18.6. The number of nitrogens with one attached hydrogen (secondary N) is 1. The predicted octanol–water partition coefficient (Wildman–Crippen LogP) is 3.89. The standard InChI is InChI=1S/C20H18N2O4S/c1-13(20(24)22-14-7-3-5-9-16(14)25-2)26-19(23)12-11-18-21-15-8-4-6-10-17(15)27-18/h3-13H,1-2H3,(H,22,24)/b12-11+. The zero-order valence-electron chi connectivity index (χ0n) is 14.8. The van der Waals surface area contributed by atoms with Crippen molar-refractivity contribution < 1.29 is 19.1 Å². The molecule has 0 saturated heterocycles. The predicted molar refractivity (Wildman–Crippen MR) is 106 cm³/mol. The third-order valence-corrected chi connectivity index (χ3v) is 4.70. The summed E-state index contributed by atoms with van der Waals surface area (Å²) in [6, 6.07) is 14.7. The molecule has 1 heterocycles. The lowest BCUT2D eigenvalue weighted by atomic mass is 10.2. The van der Waals surface area contributed by atoms with Crippen LogP contribution in [-0.4, -0.2) is 30.1 Å². The maximum Gasteiger partial charge on any atom is 0.331 e. The number of para-hydroxylation sites is 3. The molecule has 7 heteroatoms. The molecule has 0 radical (unpaired) electrons. The number of hydrogen-bond donors (Lipinski definition) is 1. The number of carbonyl (C=O) groups excluding carboxylic acids is 2. The Balaban J connectivity index is 1.58. The van der Waals surface area contributed by atoms with Gasteiger partial charge in [0.05, 0.1) is 23.0 Å². The number of ether oxygens (including phenoxy) is 2. The van der Waals surface area contributed by atoms with E-state index >= 15 is 0 Å². The van der Waals surface area contributed by atoms with Gasteiger partial charge in [-0.05, 0) is 37.3 Å². The molecule has 1 amide bonds. The van der Waals surface area contributed by atoms with Crippen LogP contribution in [0.4, 0.5) is 5.69 Å². The number of hydrogen-bond acceptors (Lipinski definition) is 6. The van der Waals surface area contributed by atoms with Gasteiger partial charge in [-0.3, -0.25) is 4.79 Å². The van der Waals surface area contributed by atoms with Crippen molar-refractivity contribution in [3.8, 4) is 5.75 Å². The normalized spacial score (nSPS) is 12.1. The number of benzene rings is 2. The van der Waals surface area contributed by atoms with Gasteiger partial charge in [-0.2, -0.15) is 0 Å². The summed E-state index contributed by atoms with van der Waals surface area (Å²) in [5.41, 5.74) is 1.39. The highest BCUT2D eigenvalue weighted by atomic mass is 32.1. The van der Waals surface area contributed by atoms with Crippen LogP contribution in [0, 0.1) is 0 Å². The Morgan fingerprint density at radius 3 is 2.67 bits per heavy atom. The van der Waals surface area contributed by atoms with Crippen LogP contribution in [0.3, 0.4) is 0 Å². The lowest BCUT2D eigenvalue weighted by molar-refractivity contribution is -0.148. The van der Waals surface area contributed by atoms with E-state index in [-0.39, 0.29) is 0 Å². The molecular formula is C20H18N2O4S. The highest BCUT2D eigenvalue weighted by Gasteiger charge is 2.18. The first-order valence-electron chi connectivity index (χ1n) is 8.25. The van der Waals surface area contributed by atoms with E-state index in [0.29, 0.717) is 16.4 Å². The Morgan fingerprint density at radius 2 is 1.89 bits per heavy atom. The number of thiazole rings is 1. The Kier molecular flexibility index (Phi) is 5.83. The number of esters is 1. The van der Waals surface area contributed by atoms with Crippen LogP contribution < -0.4 is 10.1 Å². The van der Waals surface area contributed by atoms with Crippen molar-refractivity contribution in [2.45, 2.75) is 13.0 Å². The van der Waals surface area contributed by atoms with Crippen molar-refractivity contribution in [2.24, 2.45) is 0 Å². The Hall–Kier alpha value is -3.19. The van der Waals surface area contributed by atoms with Gasteiger partial charge in [0.1, 0.15) is 10.8 Å². The van der Waals surface area contributed by atoms with E-state index in [2.05, 4.69) is 10.3 Å². The number of methoxy groups -OCH3 is 1. The lowest BCUT2D eigenvalue weighted by Gasteiger charge is -2.14. The fourth-order valence-corrected chi connectivity index (χ4v) is 3.22. The summed E-state index contributed by atoms with van der Waals surface area (Å²) in [6.07, 6.45) is 1.89. The van der Waals surface area contributed by atoms with E-state index in [1.807, 2.05) is 24.3 Å². The van der Waals surface area contributed by atoms with Crippen molar-refractivity contribution in [3.05, 3.63) is 59.6 Å². The van der Waals surface area contributed by atoms with Gasteiger partial charge in [0.2, 0.25) is 0 Å². The molecule has 138 valence electrons. The van der Waals surface area contributed by atoms with Crippen LogP contribution in [0.15, 0.2) is 54.6 Å². The van der Waals surface area contributed by atoms with E-state index in [1.165, 1.54) is 31.4 Å². The first-order valence-corrected chi connectivity index (χ1v) is 9.06. The van der Waals surface area contributed by atoms with Crippen LogP contribution >= 0.6 is 11.3 Å². The summed E-state index contributed by atoms with van der Waals surface area (Å²) >= 11 is 1.47. The molecule has 0 aliphatic heterocycles. The summed E-state index contributed by atoms with van der Waals surface area (Å²) in [4.78, 5) is 28.6. The lowest BCUT2D eigenvalue weighted by Crippen LogP contribution is -2.29. The Morgan fingerprint density at radius 1 is 1.15 bits per heavy atom. The number of fused-ring (bicyclic) bond motifs is 1. The Bertz CT molecular complexity index is 963. The highest BCUT2D eigenvalue weighted by molar-refractivity contribution is 7.19. The van der Waals surface area contributed by atoms with Crippen LogP contribution in [0.5, 0.6) is 5.75 Å². The van der Waals surface area contributed by atoms with E-state index in [1.54, 1.807) is 30.3 Å². The van der Waals surface area contributed by atoms with Gasteiger partial charge in [-0.1, -0.05) is 24.3 Å². The maximum atomic E-state index is 12.2. The number of anilines is 1. The summed E-state index contributed by atoms with van der Waals surface area (Å²) < 4.78 is 11.4. The van der Waals surface area contributed by atoms with Crippen LogP contribution in [-0.2, 0) is 14.3 Å². The minimum Gasteiger partial charge on any atom is -0.495 e. The van der Waals surface area contributed by atoms with Crippen molar-refractivity contribution in [2.75, 3.05) is 12.4 Å². The molecule has 3 aromatic rings. The molecule has 2 aromatic carbocycles. The molecule has 0 fully saturated rings. The van der Waals surface area contributed by atoms with E-state index in [9.17, 15) is 9.59 Å². The molecule has 1 N–H and O–H groups in total. The molecule has 1 atom stereocenters. The second kappa shape index (κ2) is 8.46. The van der Waals surface area contributed by atoms with Crippen LogP contribution in [0.2, 0.25) is 0 Å². The van der Waals surface area contributed by atoms with Crippen molar-refractivity contribution in [1.82, 2.24) is 4.98 Å². The van der Waals surface area contributed by atoms with Crippen LogP contribution in [0.25, 0.3) is 16.3 Å². The molecular weight excluding hydrogens is 364 g/mol.